The van der Waals surface area contributed by atoms with Crippen molar-refractivity contribution in [2.75, 3.05) is 38.4 Å². The lowest BCUT2D eigenvalue weighted by Gasteiger charge is -2.17. The third kappa shape index (κ3) is 3.13. The summed E-state index contributed by atoms with van der Waals surface area (Å²) in [6.07, 6.45) is 1.75. The van der Waals surface area contributed by atoms with Gasteiger partial charge in [0.15, 0.2) is 0 Å². The molecule has 0 radical (unpaired) electrons. The number of anilines is 2. The van der Waals surface area contributed by atoms with E-state index in [-0.39, 0.29) is 6.10 Å². The van der Waals surface area contributed by atoms with Crippen LogP contribution in [0.15, 0.2) is 30.5 Å². The summed E-state index contributed by atoms with van der Waals surface area (Å²) < 4.78 is 10.4. The molecule has 19 heavy (non-hydrogen) atoms. The summed E-state index contributed by atoms with van der Waals surface area (Å²) in [6.45, 7) is 1.22. The van der Waals surface area contributed by atoms with Gasteiger partial charge in [-0.15, -0.1) is 0 Å². The van der Waals surface area contributed by atoms with Crippen molar-refractivity contribution >= 4 is 22.3 Å². The molecule has 5 heteroatoms. The monoisotopic (exact) mass is 261 g/mol. The van der Waals surface area contributed by atoms with Crippen LogP contribution in [0.3, 0.4) is 0 Å². The van der Waals surface area contributed by atoms with Gasteiger partial charge in [-0.3, -0.25) is 4.98 Å². The van der Waals surface area contributed by atoms with Crippen molar-refractivity contribution in [3.8, 4) is 0 Å². The van der Waals surface area contributed by atoms with E-state index in [1.165, 1.54) is 0 Å². The van der Waals surface area contributed by atoms with Gasteiger partial charge in [-0.05, 0) is 24.3 Å². The Morgan fingerprint density at radius 3 is 2.89 bits per heavy atom. The standard InChI is InChI=1S/C14H19N3O2/c1-18-9-10(19-2)8-17-13-6-5-12(15)14-11(13)4-3-7-16-14/h3-7,10,17H,8-9,15H2,1-2H3. The molecule has 3 N–H and O–H groups in total. The Labute approximate surface area is 112 Å². The van der Waals surface area contributed by atoms with Crippen LogP contribution in [-0.2, 0) is 9.47 Å². The summed E-state index contributed by atoms with van der Waals surface area (Å²) in [5, 5.41) is 4.36. The SMILES string of the molecule is COCC(CNc1ccc(N)c2ncccc12)OC. The Balaban J connectivity index is 2.19. The van der Waals surface area contributed by atoms with Crippen LogP contribution in [-0.4, -0.2) is 38.5 Å². The smallest absolute Gasteiger partial charge is 0.0976 e. The van der Waals surface area contributed by atoms with Crippen molar-refractivity contribution in [1.29, 1.82) is 0 Å². The van der Waals surface area contributed by atoms with Crippen molar-refractivity contribution in [2.45, 2.75) is 6.10 Å². The first-order valence-electron chi connectivity index (χ1n) is 6.15. The zero-order valence-corrected chi connectivity index (χ0v) is 11.2. The number of nitrogens with two attached hydrogens (primary N) is 1. The number of fused-ring (bicyclic) bond motifs is 1. The van der Waals surface area contributed by atoms with Gasteiger partial charge in [-0.1, -0.05) is 0 Å². The molecule has 2 aromatic rings. The Kier molecular flexibility index (Phi) is 4.54. The molecule has 1 unspecified atom stereocenters. The van der Waals surface area contributed by atoms with Crippen molar-refractivity contribution in [3.05, 3.63) is 30.5 Å². The molecule has 1 aromatic carbocycles. The van der Waals surface area contributed by atoms with Crippen molar-refractivity contribution in [2.24, 2.45) is 0 Å². The highest BCUT2D eigenvalue weighted by molar-refractivity contribution is 5.98. The van der Waals surface area contributed by atoms with Gasteiger partial charge < -0.3 is 20.5 Å². The van der Waals surface area contributed by atoms with E-state index in [1.807, 2.05) is 24.3 Å². The lowest BCUT2D eigenvalue weighted by molar-refractivity contribution is 0.0366. The number of pyridine rings is 1. The van der Waals surface area contributed by atoms with Crippen LogP contribution in [0, 0.1) is 0 Å². The van der Waals surface area contributed by atoms with Crippen LogP contribution >= 0.6 is 0 Å². The van der Waals surface area contributed by atoms with Crippen molar-refractivity contribution in [1.82, 2.24) is 4.98 Å². The molecule has 0 amide bonds. The zero-order valence-electron chi connectivity index (χ0n) is 11.2. The van der Waals surface area contributed by atoms with E-state index in [9.17, 15) is 0 Å². The van der Waals surface area contributed by atoms with Gasteiger partial charge in [0.1, 0.15) is 0 Å². The van der Waals surface area contributed by atoms with E-state index in [0.29, 0.717) is 18.8 Å². The van der Waals surface area contributed by atoms with Crippen LogP contribution < -0.4 is 11.1 Å². The van der Waals surface area contributed by atoms with Crippen LogP contribution in [0.25, 0.3) is 10.9 Å². The van der Waals surface area contributed by atoms with Gasteiger partial charge in [-0.2, -0.15) is 0 Å². The Bertz CT molecular complexity index is 545. The molecule has 5 nitrogen and oxygen atoms in total. The van der Waals surface area contributed by atoms with Gasteiger partial charge in [-0.25, -0.2) is 0 Å². The van der Waals surface area contributed by atoms with Gasteiger partial charge >= 0.3 is 0 Å². The molecular weight excluding hydrogens is 242 g/mol. The number of nitrogens with zero attached hydrogens (tertiary/aromatic N) is 1. The molecule has 0 spiro atoms. The summed E-state index contributed by atoms with van der Waals surface area (Å²) in [6, 6.07) is 7.71. The fourth-order valence-corrected chi connectivity index (χ4v) is 1.97. The van der Waals surface area contributed by atoms with Gasteiger partial charge in [0.25, 0.3) is 0 Å². The first kappa shape index (κ1) is 13.6. The third-order valence-corrected chi connectivity index (χ3v) is 3.01. The quantitative estimate of drug-likeness (QED) is 0.777. The number of hydrogen-bond donors (Lipinski definition) is 2. The number of benzene rings is 1. The second-order valence-corrected chi connectivity index (χ2v) is 4.30. The summed E-state index contributed by atoms with van der Waals surface area (Å²) in [4.78, 5) is 4.30. The van der Waals surface area contributed by atoms with E-state index < -0.39 is 0 Å². The fraction of sp³-hybridized carbons (Fsp3) is 0.357. The predicted octanol–water partition coefficient (Wildman–Crippen LogP) is 1.89. The summed E-state index contributed by atoms with van der Waals surface area (Å²) in [5.41, 5.74) is 8.41. The highest BCUT2D eigenvalue weighted by atomic mass is 16.5. The minimum atomic E-state index is 0.00859. The summed E-state index contributed by atoms with van der Waals surface area (Å²) in [5.74, 6) is 0. The third-order valence-electron chi connectivity index (χ3n) is 3.01. The number of nitrogens with one attached hydrogen (secondary N) is 1. The van der Waals surface area contributed by atoms with E-state index in [2.05, 4.69) is 10.3 Å². The van der Waals surface area contributed by atoms with Crippen LogP contribution in [0.1, 0.15) is 0 Å². The maximum absolute atomic E-state index is 5.92. The Hall–Kier alpha value is -1.85. The van der Waals surface area contributed by atoms with Crippen LogP contribution in [0.2, 0.25) is 0 Å². The molecule has 0 aliphatic rings. The molecule has 0 saturated heterocycles. The molecule has 0 aliphatic heterocycles. The highest BCUT2D eigenvalue weighted by Gasteiger charge is 2.09. The first-order valence-corrected chi connectivity index (χ1v) is 6.15. The minimum Gasteiger partial charge on any atom is -0.397 e. The van der Waals surface area contributed by atoms with E-state index >= 15 is 0 Å². The van der Waals surface area contributed by atoms with E-state index in [0.717, 1.165) is 16.6 Å². The summed E-state index contributed by atoms with van der Waals surface area (Å²) in [7, 11) is 3.34. The molecule has 0 saturated carbocycles. The Morgan fingerprint density at radius 1 is 1.32 bits per heavy atom. The van der Waals surface area contributed by atoms with Crippen LogP contribution in [0.4, 0.5) is 11.4 Å². The average Bonchev–Trinajstić information content (AvgIpc) is 2.45. The molecule has 1 atom stereocenters. The summed E-state index contributed by atoms with van der Waals surface area (Å²) >= 11 is 0. The molecule has 0 bridgehead atoms. The molecular formula is C14H19N3O2. The lowest BCUT2D eigenvalue weighted by Crippen LogP contribution is -2.26. The maximum atomic E-state index is 5.92. The molecule has 1 aromatic heterocycles. The van der Waals surface area contributed by atoms with Gasteiger partial charge in [0, 0.05) is 38.0 Å². The molecule has 102 valence electrons. The average molecular weight is 261 g/mol. The van der Waals surface area contributed by atoms with Crippen molar-refractivity contribution < 1.29 is 9.47 Å². The lowest BCUT2D eigenvalue weighted by atomic mass is 10.1. The second-order valence-electron chi connectivity index (χ2n) is 4.30. The number of nitrogen functional groups attached to an aromatic ring is 1. The zero-order chi connectivity index (χ0) is 13.7. The second kappa shape index (κ2) is 6.36. The van der Waals surface area contributed by atoms with Crippen LogP contribution in [0.5, 0.6) is 0 Å². The number of rotatable bonds is 6. The topological polar surface area (TPSA) is 69.4 Å². The molecule has 0 fully saturated rings. The molecule has 2 rings (SSSR count). The number of aromatic nitrogens is 1. The maximum Gasteiger partial charge on any atom is 0.0976 e. The number of ether oxygens (including phenoxy) is 2. The molecule has 1 heterocycles. The van der Waals surface area contributed by atoms with E-state index in [1.54, 1.807) is 20.4 Å². The molecule has 0 aliphatic carbocycles. The van der Waals surface area contributed by atoms with Gasteiger partial charge in [0.2, 0.25) is 0 Å². The largest absolute Gasteiger partial charge is 0.397 e. The van der Waals surface area contributed by atoms with Crippen molar-refractivity contribution in [3.63, 3.8) is 0 Å². The number of methoxy groups -OCH3 is 2. The van der Waals surface area contributed by atoms with E-state index in [4.69, 9.17) is 15.2 Å². The highest BCUT2D eigenvalue weighted by Crippen LogP contribution is 2.26. The van der Waals surface area contributed by atoms with Gasteiger partial charge in [0.05, 0.1) is 23.9 Å². The number of hydrogen-bond acceptors (Lipinski definition) is 5. The first-order chi connectivity index (χ1) is 9.26. The Morgan fingerprint density at radius 2 is 2.16 bits per heavy atom. The minimum absolute atomic E-state index is 0.00859. The normalized spacial score (nSPS) is 12.5. The fourth-order valence-electron chi connectivity index (χ4n) is 1.97. The predicted molar refractivity (Wildman–Crippen MR) is 77.3 cm³/mol.